The highest BCUT2D eigenvalue weighted by Gasteiger charge is 2.18. The summed E-state index contributed by atoms with van der Waals surface area (Å²) in [7, 11) is -3.98. The molecule has 0 radical (unpaired) electrons. The van der Waals surface area contributed by atoms with E-state index in [2.05, 4.69) is 4.72 Å². The van der Waals surface area contributed by atoms with E-state index in [0.717, 1.165) is 6.07 Å². The van der Waals surface area contributed by atoms with Gasteiger partial charge in [-0.3, -0.25) is 4.72 Å². The van der Waals surface area contributed by atoms with Gasteiger partial charge in [0.1, 0.15) is 16.5 Å². The number of benzene rings is 2. The monoisotopic (exact) mass is 281 g/mol. The first-order valence-corrected chi connectivity index (χ1v) is 6.95. The molecule has 0 saturated heterocycles. The van der Waals surface area contributed by atoms with Gasteiger partial charge in [0.2, 0.25) is 0 Å². The number of sulfonamides is 1. The van der Waals surface area contributed by atoms with Gasteiger partial charge in [0.15, 0.2) is 0 Å². The highest BCUT2D eigenvalue weighted by Crippen LogP contribution is 2.23. The van der Waals surface area contributed by atoms with E-state index in [9.17, 15) is 17.9 Å². The number of nitrogens with one attached hydrogen (secondary N) is 1. The van der Waals surface area contributed by atoms with Crippen LogP contribution < -0.4 is 4.72 Å². The van der Waals surface area contributed by atoms with E-state index < -0.39 is 20.7 Å². The summed E-state index contributed by atoms with van der Waals surface area (Å²) in [4.78, 5) is -0.416. The average molecular weight is 281 g/mol. The molecule has 0 aliphatic rings. The fourth-order valence-corrected chi connectivity index (χ4v) is 2.72. The molecule has 2 aromatic carbocycles. The molecule has 0 unspecified atom stereocenters. The van der Waals surface area contributed by atoms with Crippen LogP contribution in [0, 0.1) is 12.7 Å². The van der Waals surface area contributed by atoms with E-state index in [1.807, 2.05) is 0 Å². The fraction of sp³-hybridized carbons (Fsp3) is 0.0769. The van der Waals surface area contributed by atoms with Crippen molar-refractivity contribution in [1.29, 1.82) is 0 Å². The van der Waals surface area contributed by atoms with E-state index in [0.29, 0.717) is 5.56 Å². The molecule has 100 valence electrons. The predicted molar refractivity (Wildman–Crippen MR) is 70.1 cm³/mol. The van der Waals surface area contributed by atoms with Gasteiger partial charge in [0.05, 0.1) is 0 Å². The van der Waals surface area contributed by atoms with Gasteiger partial charge in [-0.25, -0.2) is 12.8 Å². The van der Waals surface area contributed by atoms with Crippen LogP contribution in [0.5, 0.6) is 5.75 Å². The third-order valence-corrected chi connectivity index (χ3v) is 3.99. The number of anilines is 1. The summed E-state index contributed by atoms with van der Waals surface area (Å²) in [6, 6.07) is 9.36. The smallest absolute Gasteiger partial charge is 0.264 e. The summed E-state index contributed by atoms with van der Waals surface area (Å²) in [5, 5.41) is 9.37. The second kappa shape index (κ2) is 4.89. The van der Waals surface area contributed by atoms with Crippen LogP contribution in [-0.4, -0.2) is 13.5 Å². The lowest BCUT2D eigenvalue weighted by atomic mass is 10.2. The summed E-state index contributed by atoms with van der Waals surface area (Å²) in [6.45, 7) is 1.64. The minimum atomic E-state index is -3.98. The van der Waals surface area contributed by atoms with Gasteiger partial charge in [0.25, 0.3) is 10.0 Å². The van der Waals surface area contributed by atoms with E-state index >= 15 is 0 Å². The van der Waals surface area contributed by atoms with Crippen LogP contribution in [0.15, 0.2) is 47.4 Å². The van der Waals surface area contributed by atoms with Crippen LogP contribution in [0.1, 0.15) is 5.56 Å². The van der Waals surface area contributed by atoms with Crippen molar-refractivity contribution in [3.05, 3.63) is 53.8 Å². The normalized spacial score (nSPS) is 11.3. The largest absolute Gasteiger partial charge is 0.508 e. The molecule has 0 spiro atoms. The lowest BCUT2D eigenvalue weighted by Crippen LogP contribution is -2.14. The van der Waals surface area contributed by atoms with Crippen LogP contribution in [0.2, 0.25) is 0 Å². The molecule has 0 saturated carbocycles. The molecule has 2 rings (SSSR count). The molecule has 4 nitrogen and oxygen atoms in total. The van der Waals surface area contributed by atoms with E-state index in [1.54, 1.807) is 6.92 Å². The Kier molecular flexibility index (Phi) is 3.44. The van der Waals surface area contributed by atoms with E-state index in [4.69, 9.17) is 0 Å². The Morgan fingerprint density at radius 2 is 1.84 bits per heavy atom. The Bertz CT molecular complexity index is 714. The maximum Gasteiger partial charge on any atom is 0.264 e. The maximum absolute atomic E-state index is 13.5. The molecular weight excluding hydrogens is 269 g/mol. The number of hydrogen-bond acceptors (Lipinski definition) is 3. The van der Waals surface area contributed by atoms with Crippen LogP contribution in [0.4, 0.5) is 10.1 Å². The zero-order chi connectivity index (χ0) is 14.0. The van der Waals surface area contributed by atoms with Crippen molar-refractivity contribution in [3.63, 3.8) is 0 Å². The number of hydrogen-bond donors (Lipinski definition) is 2. The van der Waals surface area contributed by atoms with Gasteiger partial charge in [-0.2, -0.15) is 0 Å². The van der Waals surface area contributed by atoms with Gasteiger partial charge in [0, 0.05) is 5.69 Å². The second-order valence-electron chi connectivity index (χ2n) is 4.04. The molecule has 2 N–H and O–H groups in total. The van der Waals surface area contributed by atoms with Crippen molar-refractivity contribution in [3.8, 4) is 5.75 Å². The molecule has 0 aromatic heterocycles. The Morgan fingerprint density at radius 1 is 1.16 bits per heavy atom. The van der Waals surface area contributed by atoms with Gasteiger partial charge in [-0.15, -0.1) is 0 Å². The Morgan fingerprint density at radius 3 is 2.47 bits per heavy atom. The summed E-state index contributed by atoms with van der Waals surface area (Å²) >= 11 is 0. The zero-order valence-electron chi connectivity index (χ0n) is 10.1. The Labute approximate surface area is 110 Å². The SMILES string of the molecule is Cc1cc(NS(=O)(=O)c2ccccc2F)ccc1O. The highest BCUT2D eigenvalue weighted by molar-refractivity contribution is 7.92. The summed E-state index contributed by atoms with van der Waals surface area (Å²) < 4.78 is 39.7. The molecule has 0 atom stereocenters. The number of phenolic OH excluding ortho intramolecular Hbond substituents is 1. The third kappa shape index (κ3) is 2.85. The van der Waals surface area contributed by atoms with Crippen molar-refractivity contribution in [2.45, 2.75) is 11.8 Å². The summed E-state index contributed by atoms with van der Waals surface area (Å²) in [6.07, 6.45) is 0. The quantitative estimate of drug-likeness (QED) is 0.850. The van der Waals surface area contributed by atoms with Crippen molar-refractivity contribution in [1.82, 2.24) is 0 Å². The van der Waals surface area contributed by atoms with Crippen LogP contribution >= 0.6 is 0 Å². The standard InChI is InChI=1S/C13H12FNO3S/c1-9-8-10(6-7-12(9)16)15-19(17,18)13-5-3-2-4-11(13)14/h2-8,15-16H,1H3. The lowest BCUT2D eigenvalue weighted by Gasteiger charge is -2.09. The van der Waals surface area contributed by atoms with Gasteiger partial charge in [-0.05, 0) is 42.8 Å². The summed E-state index contributed by atoms with van der Waals surface area (Å²) in [5.41, 5.74) is 0.785. The number of phenols is 1. The molecule has 6 heteroatoms. The molecule has 0 aliphatic heterocycles. The third-order valence-electron chi connectivity index (χ3n) is 2.58. The minimum Gasteiger partial charge on any atom is -0.508 e. The average Bonchev–Trinajstić information content (AvgIpc) is 2.34. The van der Waals surface area contributed by atoms with Gasteiger partial charge in [-0.1, -0.05) is 12.1 Å². The highest BCUT2D eigenvalue weighted by atomic mass is 32.2. The fourth-order valence-electron chi connectivity index (χ4n) is 1.59. The van der Waals surface area contributed by atoms with Crippen molar-refractivity contribution < 1.29 is 17.9 Å². The van der Waals surface area contributed by atoms with E-state index in [1.165, 1.54) is 36.4 Å². The number of aryl methyl sites for hydroxylation is 1. The molecule has 0 amide bonds. The van der Waals surface area contributed by atoms with E-state index in [-0.39, 0.29) is 11.4 Å². The number of aromatic hydroxyl groups is 1. The van der Waals surface area contributed by atoms with Crippen molar-refractivity contribution in [2.75, 3.05) is 4.72 Å². The first-order chi connectivity index (χ1) is 8.90. The lowest BCUT2D eigenvalue weighted by molar-refractivity contribution is 0.471. The molecule has 0 bridgehead atoms. The number of halogens is 1. The van der Waals surface area contributed by atoms with Gasteiger partial charge < -0.3 is 5.11 Å². The van der Waals surface area contributed by atoms with Crippen LogP contribution in [-0.2, 0) is 10.0 Å². The minimum absolute atomic E-state index is 0.0637. The van der Waals surface area contributed by atoms with Crippen molar-refractivity contribution >= 4 is 15.7 Å². The molecule has 0 heterocycles. The number of rotatable bonds is 3. The molecule has 0 fully saturated rings. The Hall–Kier alpha value is -2.08. The van der Waals surface area contributed by atoms with Gasteiger partial charge >= 0.3 is 0 Å². The molecular formula is C13H12FNO3S. The summed E-state index contributed by atoms with van der Waals surface area (Å²) in [5.74, 6) is -0.751. The Balaban J connectivity index is 2.37. The first-order valence-electron chi connectivity index (χ1n) is 5.47. The second-order valence-corrected chi connectivity index (χ2v) is 5.69. The molecule has 19 heavy (non-hydrogen) atoms. The molecule has 0 aliphatic carbocycles. The van der Waals surface area contributed by atoms with Crippen LogP contribution in [0.25, 0.3) is 0 Å². The zero-order valence-corrected chi connectivity index (χ0v) is 10.9. The maximum atomic E-state index is 13.5. The first kappa shape index (κ1) is 13.4. The topological polar surface area (TPSA) is 66.4 Å². The predicted octanol–water partition coefficient (Wildman–Crippen LogP) is 2.64. The molecule has 2 aromatic rings. The van der Waals surface area contributed by atoms with Crippen molar-refractivity contribution in [2.24, 2.45) is 0 Å². The van der Waals surface area contributed by atoms with Crippen LogP contribution in [0.3, 0.4) is 0 Å².